The zero-order valence-corrected chi connectivity index (χ0v) is 15.2. The van der Waals surface area contributed by atoms with Gasteiger partial charge < -0.3 is 14.2 Å². The smallest absolute Gasteiger partial charge is 0.430 e. The van der Waals surface area contributed by atoms with E-state index >= 15 is 0 Å². The molecule has 0 unspecified atom stereocenters. The third-order valence-electron chi connectivity index (χ3n) is 3.13. The van der Waals surface area contributed by atoms with Crippen molar-refractivity contribution >= 4 is 18.2 Å². The normalized spacial score (nSPS) is 12.8. The van der Waals surface area contributed by atoms with E-state index in [2.05, 4.69) is 9.47 Å². The van der Waals surface area contributed by atoms with Crippen LogP contribution in [-0.2, 0) is 24.5 Å². The van der Waals surface area contributed by atoms with Crippen LogP contribution >= 0.6 is 0 Å². The average molecular weight is 363 g/mol. The monoisotopic (exact) mass is 363 g/mol. The number of hydrazine groups is 1. The summed E-state index contributed by atoms with van der Waals surface area (Å²) in [6.07, 6.45) is -2.24. The Morgan fingerprint density at radius 2 is 1.65 bits per heavy atom. The van der Waals surface area contributed by atoms with Gasteiger partial charge in [-0.05, 0) is 20.8 Å². The molecule has 0 heterocycles. The van der Waals surface area contributed by atoms with Gasteiger partial charge in [0.1, 0.15) is 11.7 Å². The van der Waals surface area contributed by atoms with Crippen molar-refractivity contribution in [3.05, 3.63) is 35.9 Å². The number of carbonyl (C=O) groups is 3. The number of nitrogens with one attached hydrogen (secondary N) is 1. The number of nitrogens with zero attached hydrogens (tertiary/aromatic N) is 2. The van der Waals surface area contributed by atoms with E-state index in [1.807, 2.05) is 5.43 Å². The number of benzene rings is 1. The number of ether oxygens (including phenoxy) is 3. The molecule has 1 atom stereocenters. The first-order valence-electron chi connectivity index (χ1n) is 7.55. The Hall–Kier alpha value is -3.28. The maximum atomic E-state index is 13.0. The Labute approximate surface area is 151 Å². The summed E-state index contributed by atoms with van der Waals surface area (Å²) in [7, 11) is 2.10. The van der Waals surface area contributed by atoms with E-state index in [1.165, 1.54) is 12.1 Å². The van der Waals surface area contributed by atoms with Crippen molar-refractivity contribution in [3.63, 3.8) is 0 Å². The Morgan fingerprint density at radius 1 is 1.08 bits per heavy atom. The van der Waals surface area contributed by atoms with Gasteiger partial charge in [0.15, 0.2) is 0 Å². The first kappa shape index (κ1) is 20.8. The van der Waals surface area contributed by atoms with E-state index in [4.69, 9.17) is 4.74 Å². The number of rotatable bonds is 3. The minimum Gasteiger partial charge on any atom is -0.457 e. The van der Waals surface area contributed by atoms with E-state index < -0.39 is 29.3 Å². The maximum Gasteiger partial charge on any atom is 0.430 e. The van der Waals surface area contributed by atoms with Gasteiger partial charge >= 0.3 is 18.2 Å². The van der Waals surface area contributed by atoms with Crippen LogP contribution in [0.15, 0.2) is 30.3 Å². The van der Waals surface area contributed by atoms with Crippen LogP contribution < -0.4 is 5.43 Å². The molecule has 0 saturated heterocycles. The summed E-state index contributed by atoms with van der Waals surface area (Å²) in [6, 6.07) is 9.47. The van der Waals surface area contributed by atoms with Gasteiger partial charge in [0.25, 0.3) is 5.54 Å². The summed E-state index contributed by atoms with van der Waals surface area (Å²) < 4.78 is 14.4. The SMILES string of the molecule is COC(=O)NN(C(=O)OC)[C@@](C#N)(C(=O)OC(C)(C)C)c1ccccc1. The molecule has 1 aromatic rings. The van der Waals surface area contributed by atoms with Crippen LogP contribution in [0, 0.1) is 11.3 Å². The fraction of sp³-hybridized carbons (Fsp3) is 0.412. The lowest BCUT2D eigenvalue weighted by Crippen LogP contribution is -2.62. The van der Waals surface area contributed by atoms with Gasteiger partial charge in [-0.25, -0.2) is 19.8 Å². The molecule has 9 nitrogen and oxygen atoms in total. The van der Waals surface area contributed by atoms with Crippen LogP contribution in [0.4, 0.5) is 9.59 Å². The van der Waals surface area contributed by atoms with Gasteiger partial charge in [0, 0.05) is 5.56 Å². The average Bonchev–Trinajstić information content (AvgIpc) is 2.60. The molecule has 0 aromatic heterocycles. The Kier molecular flexibility index (Phi) is 6.55. The fourth-order valence-corrected chi connectivity index (χ4v) is 2.02. The number of methoxy groups -OCH3 is 2. The van der Waals surface area contributed by atoms with Crippen LogP contribution in [0.3, 0.4) is 0 Å². The van der Waals surface area contributed by atoms with Crippen molar-refractivity contribution < 1.29 is 28.6 Å². The van der Waals surface area contributed by atoms with Gasteiger partial charge in [-0.3, -0.25) is 0 Å². The molecular formula is C17H21N3O6. The highest BCUT2D eigenvalue weighted by molar-refractivity contribution is 5.91. The molecule has 0 radical (unpaired) electrons. The molecule has 0 aliphatic carbocycles. The van der Waals surface area contributed by atoms with Crippen LogP contribution in [0.5, 0.6) is 0 Å². The number of amides is 2. The highest BCUT2D eigenvalue weighted by atomic mass is 16.6. The lowest BCUT2D eigenvalue weighted by molar-refractivity contribution is -0.167. The van der Waals surface area contributed by atoms with Crippen LogP contribution in [-0.4, -0.2) is 43.0 Å². The predicted molar refractivity (Wildman–Crippen MR) is 89.4 cm³/mol. The maximum absolute atomic E-state index is 13.0. The highest BCUT2D eigenvalue weighted by Crippen LogP contribution is 2.31. The lowest BCUT2D eigenvalue weighted by atomic mass is 9.90. The summed E-state index contributed by atoms with van der Waals surface area (Å²) in [5.74, 6) is -1.07. The molecule has 0 bridgehead atoms. The Morgan fingerprint density at radius 3 is 2.08 bits per heavy atom. The van der Waals surface area contributed by atoms with Crippen molar-refractivity contribution in [2.24, 2.45) is 0 Å². The summed E-state index contributed by atoms with van der Waals surface area (Å²) in [4.78, 5) is 36.9. The van der Waals surface area contributed by atoms with Gasteiger partial charge in [-0.2, -0.15) is 10.3 Å². The molecule has 0 aliphatic rings. The zero-order chi connectivity index (χ0) is 20.0. The van der Waals surface area contributed by atoms with Crippen LogP contribution in [0.25, 0.3) is 0 Å². The highest BCUT2D eigenvalue weighted by Gasteiger charge is 2.53. The third-order valence-corrected chi connectivity index (χ3v) is 3.13. The Bertz CT molecular complexity index is 707. The summed E-state index contributed by atoms with van der Waals surface area (Å²) in [5, 5.41) is 10.4. The minimum atomic E-state index is -2.34. The van der Waals surface area contributed by atoms with E-state index in [0.29, 0.717) is 5.01 Å². The first-order valence-corrected chi connectivity index (χ1v) is 7.55. The van der Waals surface area contributed by atoms with Gasteiger partial charge in [0.05, 0.1) is 14.2 Å². The second kappa shape index (κ2) is 8.20. The number of hydrogen-bond donors (Lipinski definition) is 1. The van der Waals surface area contributed by atoms with Crippen molar-refractivity contribution in [1.82, 2.24) is 10.4 Å². The molecule has 2 amide bonds. The van der Waals surface area contributed by atoms with Gasteiger partial charge in [0.2, 0.25) is 0 Å². The second-order valence-corrected chi connectivity index (χ2v) is 6.10. The fourth-order valence-electron chi connectivity index (χ4n) is 2.02. The van der Waals surface area contributed by atoms with Crippen LogP contribution in [0.2, 0.25) is 0 Å². The molecule has 26 heavy (non-hydrogen) atoms. The molecule has 0 spiro atoms. The Balaban J connectivity index is 3.64. The molecule has 1 rings (SSSR count). The van der Waals surface area contributed by atoms with Crippen molar-refractivity contribution in [3.8, 4) is 6.07 Å². The summed E-state index contributed by atoms with van der Waals surface area (Å²) in [6.45, 7) is 4.82. The zero-order valence-electron chi connectivity index (χ0n) is 15.2. The number of esters is 1. The molecule has 0 aliphatic heterocycles. The molecular weight excluding hydrogens is 342 g/mol. The molecule has 9 heteroatoms. The molecule has 0 fully saturated rings. The topological polar surface area (TPSA) is 118 Å². The predicted octanol–water partition coefficient (Wildman–Crippen LogP) is 2.09. The molecule has 0 saturated carbocycles. The second-order valence-electron chi connectivity index (χ2n) is 6.10. The first-order chi connectivity index (χ1) is 12.1. The lowest BCUT2D eigenvalue weighted by Gasteiger charge is -2.36. The molecule has 1 aromatic carbocycles. The number of carbonyl (C=O) groups excluding carboxylic acids is 3. The quantitative estimate of drug-likeness (QED) is 0.496. The number of nitriles is 1. The van der Waals surface area contributed by atoms with E-state index in [1.54, 1.807) is 45.0 Å². The number of hydrogen-bond acceptors (Lipinski definition) is 7. The summed E-state index contributed by atoms with van der Waals surface area (Å²) >= 11 is 0. The molecule has 140 valence electrons. The standard InChI is InChI=1S/C17H21N3O6/c1-16(2,3)26-13(21)17(11-18,12-9-7-6-8-10-12)20(15(23)25-5)19-14(22)24-4/h6-10H,1-5H3,(H,19,22)/t17-/m1/s1. The molecule has 1 N–H and O–H groups in total. The van der Waals surface area contributed by atoms with Crippen molar-refractivity contribution in [2.75, 3.05) is 14.2 Å². The van der Waals surface area contributed by atoms with E-state index in [-0.39, 0.29) is 5.56 Å². The third kappa shape index (κ3) is 4.42. The van der Waals surface area contributed by atoms with Gasteiger partial charge in [-0.15, -0.1) is 0 Å². The van der Waals surface area contributed by atoms with Crippen molar-refractivity contribution in [1.29, 1.82) is 5.26 Å². The minimum absolute atomic E-state index is 0.0959. The largest absolute Gasteiger partial charge is 0.457 e. The van der Waals surface area contributed by atoms with E-state index in [9.17, 15) is 19.6 Å². The summed E-state index contributed by atoms with van der Waals surface area (Å²) in [5.41, 5.74) is -1.15. The van der Waals surface area contributed by atoms with Crippen molar-refractivity contribution in [2.45, 2.75) is 31.9 Å². The van der Waals surface area contributed by atoms with E-state index in [0.717, 1.165) is 14.2 Å². The van der Waals surface area contributed by atoms with Crippen LogP contribution in [0.1, 0.15) is 26.3 Å². The van der Waals surface area contributed by atoms with Gasteiger partial charge in [-0.1, -0.05) is 30.3 Å².